The minimum atomic E-state index is -0.278. The van der Waals surface area contributed by atoms with Gasteiger partial charge in [-0.3, -0.25) is 0 Å². The van der Waals surface area contributed by atoms with Crippen molar-refractivity contribution in [1.82, 2.24) is 14.9 Å². The molecular weight excluding hydrogens is 437 g/mol. The standard InChI is InChI=1S/C21H19BrFN5O/c22-17-3-1-2-4-18(17)26-21(29)28-11-9-27(10-12-28)20-13-19(24-14-25-20)15-5-7-16(23)8-6-15/h1-8,13-14H,9-12H2,(H,26,29). The Hall–Kier alpha value is -3.00. The summed E-state index contributed by atoms with van der Waals surface area (Å²) in [5.41, 5.74) is 2.32. The molecule has 8 heteroatoms. The lowest BCUT2D eigenvalue weighted by Crippen LogP contribution is -2.50. The van der Waals surface area contributed by atoms with Crippen molar-refractivity contribution < 1.29 is 9.18 Å². The first kappa shape index (κ1) is 19.3. The van der Waals surface area contributed by atoms with Gasteiger partial charge in [0, 0.05) is 42.3 Å². The molecule has 2 aromatic carbocycles. The lowest BCUT2D eigenvalue weighted by molar-refractivity contribution is 0.208. The number of nitrogens with one attached hydrogen (secondary N) is 1. The predicted octanol–water partition coefficient (Wildman–Crippen LogP) is 4.40. The molecule has 0 bridgehead atoms. The number of rotatable bonds is 3. The molecule has 148 valence electrons. The van der Waals surface area contributed by atoms with Crippen molar-refractivity contribution >= 4 is 33.5 Å². The van der Waals surface area contributed by atoms with E-state index in [4.69, 9.17) is 0 Å². The van der Waals surface area contributed by atoms with Gasteiger partial charge in [0.15, 0.2) is 0 Å². The molecule has 0 spiro atoms. The Labute approximate surface area is 176 Å². The molecule has 0 unspecified atom stereocenters. The Morgan fingerprint density at radius 3 is 2.45 bits per heavy atom. The number of hydrogen-bond donors (Lipinski definition) is 1. The molecule has 1 aliphatic rings. The minimum absolute atomic E-state index is 0.119. The molecule has 1 saturated heterocycles. The Morgan fingerprint density at radius 1 is 1.00 bits per heavy atom. The molecule has 1 aliphatic heterocycles. The molecule has 3 aromatic rings. The van der Waals surface area contributed by atoms with E-state index in [1.165, 1.54) is 18.5 Å². The zero-order valence-corrected chi connectivity index (χ0v) is 17.1. The third kappa shape index (κ3) is 4.54. The highest BCUT2D eigenvalue weighted by atomic mass is 79.9. The Balaban J connectivity index is 1.39. The largest absolute Gasteiger partial charge is 0.353 e. The van der Waals surface area contributed by atoms with Gasteiger partial charge in [-0.15, -0.1) is 0 Å². The smallest absolute Gasteiger partial charge is 0.321 e. The van der Waals surface area contributed by atoms with Crippen LogP contribution in [0.15, 0.2) is 65.4 Å². The van der Waals surface area contributed by atoms with E-state index in [1.54, 1.807) is 17.0 Å². The Kier molecular flexibility index (Phi) is 5.71. The van der Waals surface area contributed by atoms with Gasteiger partial charge in [-0.2, -0.15) is 0 Å². The average Bonchev–Trinajstić information content (AvgIpc) is 2.76. The second kappa shape index (κ2) is 8.57. The molecule has 6 nitrogen and oxygen atoms in total. The number of benzene rings is 2. The SMILES string of the molecule is O=C(Nc1ccccc1Br)N1CCN(c2cc(-c3ccc(F)cc3)ncn2)CC1. The van der Waals surface area contributed by atoms with E-state index in [2.05, 4.69) is 36.1 Å². The molecule has 0 atom stereocenters. The summed E-state index contributed by atoms with van der Waals surface area (Å²) in [6.07, 6.45) is 1.51. The number of para-hydroxylation sites is 1. The summed E-state index contributed by atoms with van der Waals surface area (Å²) in [6.45, 7) is 2.52. The number of amides is 2. The molecule has 0 aliphatic carbocycles. The third-order valence-corrected chi connectivity index (χ3v) is 5.49. The van der Waals surface area contributed by atoms with Crippen LogP contribution >= 0.6 is 15.9 Å². The molecular formula is C21H19BrFN5O. The average molecular weight is 456 g/mol. The van der Waals surface area contributed by atoms with Crippen LogP contribution in [0, 0.1) is 5.82 Å². The van der Waals surface area contributed by atoms with Crippen molar-refractivity contribution in [3.63, 3.8) is 0 Å². The lowest BCUT2D eigenvalue weighted by Gasteiger charge is -2.35. The summed E-state index contributed by atoms with van der Waals surface area (Å²) >= 11 is 3.44. The molecule has 29 heavy (non-hydrogen) atoms. The van der Waals surface area contributed by atoms with E-state index >= 15 is 0 Å². The number of aromatic nitrogens is 2. The van der Waals surface area contributed by atoms with E-state index < -0.39 is 0 Å². The molecule has 4 rings (SSSR count). The maximum Gasteiger partial charge on any atom is 0.321 e. The van der Waals surface area contributed by atoms with Gasteiger partial charge in [0.25, 0.3) is 0 Å². The summed E-state index contributed by atoms with van der Waals surface area (Å²) in [6, 6.07) is 15.5. The lowest BCUT2D eigenvalue weighted by atomic mass is 10.1. The van der Waals surface area contributed by atoms with Crippen molar-refractivity contribution in [3.8, 4) is 11.3 Å². The predicted molar refractivity (Wildman–Crippen MR) is 114 cm³/mol. The first-order valence-electron chi connectivity index (χ1n) is 9.23. The molecule has 1 aromatic heterocycles. The number of hydrogen-bond acceptors (Lipinski definition) is 4. The van der Waals surface area contributed by atoms with Crippen LogP contribution in [-0.4, -0.2) is 47.1 Å². The molecule has 2 heterocycles. The number of urea groups is 1. The van der Waals surface area contributed by atoms with Crippen molar-refractivity contribution in [2.24, 2.45) is 0 Å². The Bertz CT molecular complexity index is 1010. The van der Waals surface area contributed by atoms with Crippen LogP contribution < -0.4 is 10.2 Å². The number of halogens is 2. The molecule has 0 radical (unpaired) electrons. The maximum atomic E-state index is 13.2. The van der Waals surface area contributed by atoms with Gasteiger partial charge in [-0.1, -0.05) is 12.1 Å². The van der Waals surface area contributed by atoms with Crippen LogP contribution in [0.2, 0.25) is 0 Å². The molecule has 1 N–H and O–H groups in total. The Morgan fingerprint density at radius 2 is 1.72 bits per heavy atom. The normalized spacial score (nSPS) is 14.0. The van der Waals surface area contributed by atoms with Crippen LogP contribution in [-0.2, 0) is 0 Å². The van der Waals surface area contributed by atoms with Gasteiger partial charge in [-0.25, -0.2) is 19.2 Å². The quantitative estimate of drug-likeness (QED) is 0.635. The highest BCUT2D eigenvalue weighted by Gasteiger charge is 2.22. The fraction of sp³-hybridized carbons (Fsp3) is 0.190. The minimum Gasteiger partial charge on any atom is -0.353 e. The number of nitrogens with zero attached hydrogens (tertiary/aromatic N) is 4. The second-order valence-corrected chi connectivity index (χ2v) is 7.51. The highest BCUT2D eigenvalue weighted by molar-refractivity contribution is 9.10. The number of anilines is 2. The zero-order chi connectivity index (χ0) is 20.2. The monoisotopic (exact) mass is 455 g/mol. The van der Waals surface area contributed by atoms with Crippen molar-refractivity contribution in [2.45, 2.75) is 0 Å². The fourth-order valence-corrected chi connectivity index (χ4v) is 3.58. The van der Waals surface area contributed by atoms with Gasteiger partial charge >= 0.3 is 6.03 Å². The fourth-order valence-electron chi connectivity index (χ4n) is 3.19. The highest BCUT2D eigenvalue weighted by Crippen LogP contribution is 2.23. The molecule has 2 amide bonds. The number of piperazine rings is 1. The van der Waals surface area contributed by atoms with Crippen LogP contribution in [0.1, 0.15) is 0 Å². The third-order valence-electron chi connectivity index (χ3n) is 4.80. The number of carbonyl (C=O) groups excluding carboxylic acids is 1. The van der Waals surface area contributed by atoms with E-state index in [0.29, 0.717) is 26.2 Å². The summed E-state index contributed by atoms with van der Waals surface area (Å²) in [5.74, 6) is 0.519. The van der Waals surface area contributed by atoms with Gasteiger partial charge in [0.1, 0.15) is 18.0 Å². The van der Waals surface area contributed by atoms with Crippen LogP contribution in [0.4, 0.5) is 20.7 Å². The number of carbonyl (C=O) groups is 1. The first-order valence-corrected chi connectivity index (χ1v) is 10.0. The first-order chi connectivity index (χ1) is 14.1. The van der Waals surface area contributed by atoms with E-state index in [-0.39, 0.29) is 11.8 Å². The second-order valence-electron chi connectivity index (χ2n) is 6.65. The summed E-state index contributed by atoms with van der Waals surface area (Å²) in [4.78, 5) is 25.1. The van der Waals surface area contributed by atoms with Gasteiger partial charge in [0.2, 0.25) is 0 Å². The van der Waals surface area contributed by atoms with Crippen LogP contribution in [0.25, 0.3) is 11.3 Å². The summed E-state index contributed by atoms with van der Waals surface area (Å²) in [5, 5.41) is 2.94. The summed E-state index contributed by atoms with van der Waals surface area (Å²) < 4.78 is 14.0. The van der Waals surface area contributed by atoms with Gasteiger partial charge in [0.05, 0.1) is 11.4 Å². The van der Waals surface area contributed by atoms with Gasteiger partial charge in [-0.05, 0) is 52.3 Å². The molecule has 1 fully saturated rings. The molecule has 0 saturated carbocycles. The van der Waals surface area contributed by atoms with Crippen molar-refractivity contribution in [3.05, 3.63) is 71.2 Å². The van der Waals surface area contributed by atoms with E-state index in [1.807, 2.05) is 30.3 Å². The van der Waals surface area contributed by atoms with E-state index in [0.717, 1.165) is 27.2 Å². The van der Waals surface area contributed by atoms with E-state index in [9.17, 15) is 9.18 Å². The zero-order valence-electron chi connectivity index (χ0n) is 15.6. The summed E-state index contributed by atoms with van der Waals surface area (Å²) in [7, 11) is 0. The van der Waals surface area contributed by atoms with Gasteiger partial charge < -0.3 is 15.1 Å². The van der Waals surface area contributed by atoms with Crippen LogP contribution in [0.3, 0.4) is 0 Å². The van der Waals surface area contributed by atoms with Crippen LogP contribution in [0.5, 0.6) is 0 Å². The topological polar surface area (TPSA) is 61.4 Å². The maximum absolute atomic E-state index is 13.2. The van der Waals surface area contributed by atoms with Crippen molar-refractivity contribution in [2.75, 3.05) is 36.4 Å². The van der Waals surface area contributed by atoms with Crippen molar-refractivity contribution in [1.29, 1.82) is 0 Å².